The molecule has 1 unspecified atom stereocenters. The van der Waals surface area contributed by atoms with E-state index in [4.69, 9.17) is 4.52 Å². The number of amides is 3. The monoisotopic (exact) mass is 539 g/mol. The number of carbonyl (C=O) groups excluding carboxylic acids is 4. The van der Waals surface area contributed by atoms with Gasteiger partial charge in [0.15, 0.2) is 11.5 Å². The molecule has 208 valence electrons. The molecule has 3 amide bonds. The molecule has 2 aromatic rings. The molecule has 10 nitrogen and oxygen atoms in total. The maximum absolute atomic E-state index is 14.1. The summed E-state index contributed by atoms with van der Waals surface area (Å²) in [5.41, 5.74) is -0.477. The predicted molar refractivity (Wildman–Crippen MR) is 141 cm³/mol. The fourth-order valence-electron chi connectivity index (χ4n) is 5.78. The number of hydrogen-bond acceptors (Lipinski definition) is 7. The molecule has 3 aliphatic rings. The zero-order valence-corrected chi connectivity index (χ0v) is 22.5. The van der Waals surface area contributed by atoms with Gasteiger partial charge in [0.05, 0.1) is 29.4 Å². The number of piperidine rings is 1. The Morgan fingerprint density at radius 3 is 2.46 bits per heavy atom. The minimum Gasteiger partial charge on any atom is -0.362 e. The van der Waals surface area contributed by atoms with Gasteiger partial charge in [-0.3, -0.25) is 19.2 Å². The summed E-state index contributed by atoms with van der Waals surface area (Å²) in [5, 5.41) is 9.54. The number of halogens is 1. The summed E-state index contributed by atoms with van der Waals surface area (Å²) >= 11 is 0. The lowest BCUT2D eigenvalue weighted by Crippen LogP contribution is -2.63. The second-order valence-corrected chi connectivity index (χ2v) is 11.5. The molecule has 0 bridgehead atoms. The number of benzene rings is 1. The molecule has 3 heterocycles. The van der Waals surface area contributed by atoms with Crippen molar-refractivity contribution in [2.24, 2.45) is 5.41 Å². The summed E-state index contributed by atoms with van der Waals surface area (Å²) in [6.07, 6.45) is 3.78. The van der Waals surface area contributed by atoms with Gasteiger partial charge in [-0.2, -0.15) is 0 Å². The average Bonchev–Trinajstić information content (AvgIpc) is 3.35. The molecule has 5 rings (SSSR count). The molecular formula is C28H34FN5O5. The quantitative estimate of drug-likeness (QED) is 0.541. The van der Waals surface area contributed by atoms with Crippen molar-refractivity contribution in [1.29, 1.82) is 0 Å². The van der Waals surface area contributed by atoms with Crippen LogP contribution < -0.4 is 20.4 Å². The van der Waals surface area contributed by atoms with Gasteiger partial charge in [-0.1, -0.05) is 24.4 Å². The van der Waals surface area contributed by atoms with Crippen molar-refractivity contribution >= 4 is 34.9 Å². The van der Waals surface area contributed by atoms with Crippen LogP contribution in [0.25, 0.3) is 0 Å². The van der Waals surface area contributed by atoms with E-state index in [0.29, 0.717) is 49.5 Å². The third-order valence-corrected chi connectivity index (χ3v) is 8.03. The number of nitrogens with one attached hydrogen (secondary N) is 2. The standard InChI is InChI=1S/C28H34FN5O5/c1-17-13-20(32-39-17)24(36)31-28(10-5-4-6-11-28)25(37)30-19-9-12-33(15-23(19)35)21-8-7-18(29)14-22(21)34-16-27(2,3)26(34)38/h7-8,13-14,19H,4-6,9-12,15-16H2,1-3H3,(H,30,37)(H,31,36). The lowest BCUT2D eigenvalue weighted by Gasteiger charge is -2.46. The molecular weight excluding hydrogens is 505 g/mol. The van der Waals surface area contributed by atoms with Gasteiger partial charge in [-0.05, 0) is 58.2 Å². The van der Waals surface area contributed by atoms with E-state index in [9.17, 15) is 23.6 Å². The first-order valence-corrected chi connectivity index (χ1v) is 13.5. The molecule has 2 aliphatic heterocycles. The van der Waals surface area contributed by atoms with Crippen LogP contribution in [-0.4, -0.2) is 59.9 Å². The summed E-state index contributed by atoms with van der Waals surface area (Å²) < 4.78 is 19.1. The van der Waals surface area contributed by atoms with E-state index in [2.05, 4.69) is 15.8 Å². The second kappa shape index (κ2) is 10.1. The van der Waals surface area contributed by atoms with Gasteiger partial charge >= 0.3 is 0 Å². The number of rotatable bonds is 6. The normalized spacial score (nSPS) is 22.3. The van der Waals surface area contributed by atoms with Gasteiger partial charge in [0, 0.05) is 19.2 Å². The Balaban J connectivity index is 1.28. The van der Waals surface area contributed by atoms with Crippen LogP contribution in [0.1, 0.15) is 68.6 Å². The number of nitrogens with zero attached hydrogens (tertiary/aromatic N) is 3. The Kier molecular flexibility index (Phi) is 6.94. The number of ketones is 1. The number of hydrogen-bond donors (Lipinski definition) is 2. The minimum atomic E-state index is -1.13. The molecule has 3 fully saturated rings. The van der Waals surface area contributed by atoms with E-state index in [1.807, 2.05) is 18.7 Å². The van der Waals surface area contributed by atoms with Crippen LogP contribution in [0.3, 0.4) is 0 Å². The van der Waals surface area contributed by atoms with Crippen molar-refractivity contribution in [3.05, 3.63) is 41.5 Å². The van der Waals surface area contributed by atoms with Crippen molar-refractivity contribution < 1.29 is 28.1 Å². The van der Waals surface area contributed by atoms with Crippen molar-refractivity contribution in [1.82, 2.24) is 15.8 Å². The summed E-state index contributed by atoms with van der Waals surface area (Å²) in [6, 6.07) is 5.03. The van der Waals surface area contributed by atoms with Crippen LogP contribution in [0.5, 0.6) is 0 Å². The van der Waals surface area contributed by atoms with E-state index < -0.39 is 28.7 Å². The first-order chi connectivity index (χ1) is 18.5. The summed E-state index contributed by atoms with van der Waals surface area (Å²) in [4.78, 5) is 55.7. The van der Waals surface area contributed by atoms with E-state index in [0.717, 1.165) is 19.3 Å². The van der Waals surface area contributed by atoms with Crippen LogP contribution in [-0.2, 0) is 14.4 Å². The zero-order chi connectivity index (χ0) is 27.9. The minimum absolute atomic E-state index is 0.00653. The third kappa shape index (κ3) is 5.14. The smallest absolute Gasteiger partial charge is 0.274 e. The number of Topliss-reactive ketones (excluding diaryl/α,β-unsaturated/α-hetero) is 1. The molecule has 1 aliphatic carbocycles. The maximum Gasteiger partial charge on any atom is 0.274 e. The predicted octanol–water partition coefficient (Wildman–Crippen LogP) is 2.89. The molecule has 2 saturated heterocycles. The topological polar surface area (TPSA) is 125 Å². The number of anilines is 2. The third-order valence-electron chi connectivity index (χ3n) is 8.03. The van der Waals surface area contributed by atoms with Crippen molar-refractivity contribution in [2.75, 3.05) is 29.4 Å². The van der Waals surface area contributed by atoms with E-state index in [-0.39, 0.29) is 29.8 Å². The van der Waals surface area contributed by atoms with E-state index >= 15 is 0 Å². The fraction of sp³-hybridized carbons (Fsp3) is 0.536. The van der Waals surface area contributed by atoms with Gasteiger partial charge in [0.1, 0.15) is 17.1 Å². The van der Waals surface area contributed by atoms with Gasteiger partial charge in [-0.25, -0.2) is 4.39 Å². The highest BCUT2D eigenvalue weighted by molar-refractivity contribution is 6.06. The maximum atomic E-state index is 14.1. The Morgan fingerprint density at radius 1 is 1.10 bits per heavy atom. The van der Waals surface area contributed by atoms with Gasteiger partial charge in [0.25, 0.3) is 5.91 Å². The van der Waals surface area contributed by atoms with Crippen LogP contribution in [0.2, 0.25) is 0 Å². The van der Waals surface area contributed by atoms with Gasteiger partial charge < -0.3 is 25.0 Å². The first-order valence-electron chi connectivity index (χ1n) is 13.5. The van der Waals surface area contributed by atoms with Gasteiger partial charge in [0.2, 0.25) is 11.8 Å². The molecule has 1 saturated carbocycles. The van der Waals surface area contributed by atoms with Crippen molar-refractivity contribution in [2.45, 2.75) is 70.9 Å². The van der Waals surface area contributed by atoms with Crippen molar-refractivity contribution in [3.8, 4) is 0 Å². The highest BCUT2D eigenvalue weighted by Gasteiger charge is 2.47. The Morgan fingerprint density at radius 2 is 1.85 bits per heavy atom. The van der Waals surface area contributed by atoms with Crippen LogP contribution >= 0.6 is 0 Å². The molecule has 2 N–H and O–H groups in total. The summed E-state index contributed by atoms with van der Waals surface area (Å²) in [6.45, 7) is 6.27. The first kappa shape index (κ1) is 26.8. The molecule has 1 aromatic heterocycles. The van der Waals surface area contributed by atoms with Crippen LogP contribution in [0.4, 0.5) is 15.8 Å². The molecule has 39 heavy (non-hydrogen) atoms. The lowest BCUT2D eigenvalue weighted by molar-refractivity contribution is -0.133. The van der Waals surface area contributed by atoms with Crippen molar-refractivity contribution in [3.63, 3.8) is 0 Å². The number of β-lactam (4-membered cyclic amide) rings is 1. The Bertz CT molecular complexity index is 1320. The largest absolute Gasteiger partial charge is 0.362 e. The SMILES string of the molecule is Cc1cc(C(=O)NC2(C(=O)NC3CCN(c4ccc(F)cc4N4CC(C)(C)C4=O)CC3=O)CCCCC2)no1. The summed E-state index contributed by atoms with van der Waals surface area (Å²) in [7, 11) is 0. The Labute approximate surface area is 226 Å². The van der Waals surface area contributed by atoms with Gasteiger partial charge in [-0.15, -0.1) is 0 Å². The molecule has 0 spiro atoms. The molecule has 1 aromatic carbocycles. The molecule has 11 heteroatoms. The fourth-order valence-corrected chi connectivity index (χ4v) is 5.78. The van der Waals surface area contributed by atoms with Crippen LogP contribution in [0.15, 0.2) is 28.8 Å². The lowest BCUT2D eigenvalue weighted by atomic mass is 9.80. The van der Waals surface area contributed by atoms with E-state index in [1.54, 1.807) is 17.9 Å². The highest BCUT2D eigenvalue weighted by atomic mass is 19.1. The zero-order valence-electron chi connectivity index (χ0n) is 22.5. The highest BCUT2D eigenvalue weighted by Crippen LogP contribution is 2.41. The number of carbonyl (C=O) groups is 4. The number of aryl methyl sites for hydroxylation is 1. The van der Waals surface area contributed by atoms with Crippen LogP contribution in [0, 0.1) is 18.2 Å². The molecule has 0 radical (unpaired) electrons. The second-order valence-electron chi connectivity index (χ2n) is 11.5. The average molecular weight is 540 g/mol. The Hall–Kier alpha value is -3.76. The summed E-state index contributed by atoms with van der Waals surface area (Å²) in [5.74, 6) is -1.12. The molecule has 1 atom stereocenters. The van der Waals surface area contributed by atoms with E-state index in [1.165, 1.54) is 18.2 Å². The number of aromatic nitrogens is 1.